The summed E-state index contributed by atoms with van der Waals surface area (Å²) in [6, 6.07) is 3.78. The van der Waals surface area contributed by atoms with E-state index in [2.05, 4.69) is 14.6 Å². The first kappa shape index (κ1) is 16.5. The lowest BCUT2D eigenvalue weighted by atomic mass is 10.1. The predicted octanol–water partition coefficient (Wildman–Crippen LogP) is 1.25. The predicted molar refractivity (Wildman–Crippen MR) is 88.9 cm³/mol. The molecule has 2 aromatic rings. The van der Waals surface area contributed by atoms with E-state index in [0.29, 0.717) is 19.6 Å². The highest BCUT2D eigenvalue weighted by atomic mass is 32.1. The monoisotopic (exact) mass is 345 g/mol. The molecule has 1 saturated heterocycles. The average molecular weight is 345 g/mol. The second-order valence-corrected chi connectivity index (χ2v) is 6.85. The number of pyridine rings is 1. The third kappa shape index (κ3) is 3.59. The largest absolute Gasteiger partial charge is 0.340 e. The summed E-state index contributed by atoms with van der Waals surface area (Å²) in [5.74, 6) is -0.286. The molecule has 3 rings (SSSR count). The maximum absolute atomic E-state index is 12.6. The molecule has 1 atom stereocenters. The molecule has 1 aliphatic rings. The molecule has 1 unspecified atom stereocenters. The fourth-order valence-corrected chi connectivity index (χ4v) is 3.49. The molecule has 1 aliphatic heterocycles. The minimum atomic E-state index is -0.291. The number of hydrogen-bond donors (Lipinski definition) is 0. The summed E-state index contributed by atoms with van der Waals surface area (Å²) in [4.78, 5) is 33.3. The minimum Gasteiger partial charge on any atom is -0.340 e. The number of rotatable bonds is 5. The van der Waals surface area contributed by atoms with Crippen LogP contribution in [0.2, 0.25) is 0 Å². The van der Waals surface area contributed by atoms with Crippen LogP contribution in [0, 0.1) is 12.8 Å². The standard InChI is InChI=1S/C16H19N5O2S/c1-11-14(24-19-18-11)10-20(2)16(23)13-6-15(22)21(9-13)8-12-4-3-5-17-7-12/h3-5,7,13H,6,8-10H2,1-2H3. The van der Waals surface area contributed by atoms with Crippen molar-refractivity contribution in [3.05, 3.63) is 40.7 Å². The van der Waals surface area contributed by atoms with Crippen molar-refractivity contribution in [2.45, 2.75) is 26.4 Å². The summed E-state index contributed by atoms with van der Waals surface area (Å²) in [7, 11) is 1.76. The Hall–Kier alpha value is -2.35. The summed E-state index contributed by atoms with van der Waals surface area (Å²) < 4.78 is 3.89. The third-order valence-corrected chi connectivity index (χ3v) is 4.97. The molecule has 0 aliphatic carbocycles. The molecule has 7 nitrogen and oxygen atoms in total. The van der Waals surface area contributed by atoms with Crippen molar-refractivity contribution in [2.75, 3.05) is 13.6 Å². The van der Waals surface area contributed by atoms with Crippen LogP contribution in [0.3, 0.4) is 0 Å². The van der Waals surface area contributed by atoms with Crippen LogP contribution in [0.1, 0.15) is 22.6 Å². The molecule has 8 heteroatoms. The maximum Gasteiger partial charge on any atom is 0.228 e. The van der Waals surface area contributed by atoms with E-state index in [-0.39, 0.29) is 24.2 Å². The molecule has 2 amide bonds. The molecule has 126 valence electrons. The Bertz CT molecular complexity index is 733. The lowest BCUT2D eigenvalue weighted by molar-refractivity contribution is -0.135. The Morgan fingerprint density at radius 1 is 1.50 bits per heavy atom. The van der Waals surface area contributed by atoms with E-state index >= 15 is 0 Å². The normalized spacial score (nSPS) is 17.3. The van der Waals surface area contributed by atoms with Crippen molar-refractivity contribution in [1.29, 1.82) is 0 Å². The highest BCUT2D eigenvalue weighted by Gasteiger charge is 2.35. The second-order valence-electron chi connectivity index (χ2n) is 6.01. The Kier molecular flexibility index (Phi) is 4.84. The van der Waals surface area contributed by atoms with Crippen molar-refractivity contribution in [3.63, 3.8) is 0 Å². The van der Waals surface area contributed by atoms with E-state index in [1.165, 1.54) is 11.5 Å². The van der Waals surface area contributed by atoms with E-state index in [1.54, 1.807) is 29.2 Å². The van der Waals surface area contributed by atoms with Gasteiger partial charge in [-0.25, -0.2) is 0 Å². The fraction of sp³-hybridized carbons (Fsp3) is 0.438. The van der Waals surface area contributed by atoms with Gasteiger partial charge in [0.2, 0.25) is 11.8 Å². The summed E-state index contributed by atoms with van der Waals surface area (Å²) in [6.45, 7) is 3.32. The van der Waals surface area contributed by atoms with Crippen molar-refractivity contribution in [3.8, 4) is 0 Å². The molecule has 3 heterocycles. The van der Waals surface area contributed by atoms with E-state index in [4.69, 9.17) is 0 Å². The van der Waals surface area contributed by atoms with E-state index in [1.807, 2.05) is 19.1 Å². The van der Waals surface area contributed by atoms with Gasteiger partial charge in [-0.3, -0.25) is 14.6 Å². The van der Waals surface area contributed by atoms with Crippen LogP contribution < -0.4 is 0 Å². The number of carbonyl (C=O) groups is 2. The second kappa shape index (κ2) is 7.04. The summed E-state index contributed by atoms with van der Waals surface area (Å²) in [5, 5.41) is 3.96. The van der Waals surface area contributed by atoms with Gasteiger partial charge in [0.1, 0.15) is 0 Å². The number of carbonyl (C=O) groups excluding carboxylic acids is 2. The third-order valence-electron chi connectivity index (χ3n) is 4.16. The van der Waals surface area contributed by atoms with Gasteiger partial charge in [0.25, 0.3) is 0 Å². The van der Waals surface area contributed by atoms with Gasteiger partial charge in [-0.2, -0.15) is 0 Å². The van der Waals surface area contributed by atoms with Crippen LogP contribution in [0.25, 0.3) is 0 Å². The first-order chi connectivity index (χ1) is 11.5. The Morgan fingerprint density at radius 2 is 2.33 bits per heavy atom. The molecular formula is C16H19N5O2S. The topological polar surface area (TPSA) is 79.3 Å². The van der Waals surface area contributed by atoms with E-state index in [0.717, 1.165) is 16.1 Å². The zero-order chi connectivity index (χ0) is 17.1. The van der Waals surface area contributed by atoms with Gasteiger partial charge in [0, 0.05) is 39.0 Å². The molecule has 1 fully saturated rings. The van der Waals surface area contributed by atoms with E-state index in [9.17, 15) is 9.59 Å². The van der Waals surface area contributed by atoms with Crippen molar-refractivity contribution in [2.24, 2.45) is 5.92 Å². The van der Waals surface area contributed by atoms with Gasteiger partial charge in [-0.1, -0.05) is 10.6 Å². The van der Waals surface area contributed by atoms with Gasteiger partial charge in [0.15, 0.2) is 0 Å². The van der Waals surface area contributed by atoms with Crippen LogP contribution in [0.4, 0.5) is 0 Å². The Labute approximate surface area is 144 Å². The smallest absolute Gasteiger partial charge is 0.228 e. The van der Waals surface area contributed by atoms with Gasteiger partial charge >= 0.3 is 0 Å². The summed E-state index contributed by atoms with van der Waals surface area (Å²) in [6.07, 6.45) is 3.71. The molecule has 0 aromatic carbocycles. The average Bonchev–Trinajstić information content (AvgIpc) is 3.14. The zero-order valence-electron chi connectivity index (χ0n) is 13.7. The van der Waals surface area contributed by atoms with Crippen LogP contribution >= 0.6 is 11.5 Å². The van der Waals surface area contributed by atoms with Gasteiger partial charge < -0.3 is 9.80 Å². The van der Waals surface area contributed by atoms with Gasteiger partial charge in [0.05, 0.1) is 23.0 Å². The number of hydrogen-bond acceptors (Lipinski definition) is 6. The SMILES string of the molecule is Cc1nnsc1CN(C)C(=O)C1CC(=O)N(Cc2cccnc2)C1. The van der Waals surface area contributed by atoms with E-state index < -0.39 is 0 Å². The molecule has 0 spiro atoms. The lowest BCUT2D eigenvalue weighted by Gasteiger charge is -2.21. The highest BCUT2D eigenvalue weighted by Crippen LogP contribution is 2.23. The summed E-state index contributed by atoms with van der Waals surface area (Å²) in [5.41, 5.74) is 1.82. The Morgan fingerprint density at radius 3 is 3.00 bits per heavy atom. The first-order valence-corrected chi connectivity index (χ1v) is 8.51. The molecule has 2 aromatic heterocycles. The zero-order valence-corrected chi connectivity index (χ0v) is 14.5. The van der Waals surface area contributed by atoms with Crippen LogP contribution in [0.5, 0.6) is 0 Å². The number of nitrogens with zero attached hydrogens (tertiary/aromatic N) is 5. The molecule has 0 N–H and O–H groups in total. The Balaban J connectivity index is 1.60. The van der Waals surface area contributed by atoms with Crippen molar-refractivity contribution >= 4 is 23.3 Å². The fourth-order valence-electron chi connectivity index (χ4n) is 2.80. The van der Waals surface area contributed by atoms with Crippen molar-refractivity contribution in [1.82, 2.24) is 24.4 Å². The molecule has 0 saturated carbocycles. The quantitative estimate of drug-likeness (QED) is 0.815. The number of aryl methyl sites for hydroxylation is 1. The number of aromatic nitrogens is 3. The molecule has 0 bridgehead atoms. The maximum atomic E-state index is 12.6. The lowest BCUT2D eigenvalue weighted by Crippen LogP contribution is -2.34. The number of likely N-dealkylation sites (tertiary alicyclic amines) is 1. The highest BCUT2D eigenvalue weighted by molar-refractivity contribution is 7.05. The van der Waals surface area contributed by atoms with Crippen LogP contribution in [-0.4, -0.2) is 49.8 Å². The first-order valence-electron chi connectivity index (χ1n) is 7.74. The van der Waals surface area contributed by atoms with Gasteiger partial charge in [-0.05, 0) is 30.1 Å². The van der Waals surface area contributed by atoms with Crippen LogP contribution in [0.15, 0.2) is 24.5 Å². The molecule has 0 radical (unpaired) electrons. The number of amides is 2. The molecular weight excluding hydrogens is 326 g/mol. The van der Waals surface area contributed by atoms with Crippen molar-refractivity contribution < 1.29 is 9.59 Å². The summed E-state index contributed by atoms with van der Waals surface area (Å²) >= 11 is 1.30. The molecule has 24 heavy (non-hydrogen) atoms. The van der Waals surface area contributed by atoms with Gasteiger partial charge in [-0.15, -0.1) is 5.10 Å². The van der Waals surface area contributed by atoms with Crippen LogP contribution in [-0.2, 0) is 22.7 Å². The minimum absolute atomic E-state index is 0.00941.